The number of hydrogen-bond acceptors (Lipinski definition) is 3. The first-order valence-electron chi connectivity index (χ1n) is 5.98. The van der Waals surface area contributed by atoms with Crippen LogP contribution in [0.1, 0.15) is 18.4 Å². The Morgan fingerprint density at radius 1 is 1.56 bits per heavy atom. The molecule has 1 amide bonds. The fraction of sp³-hybridized carbons (Fsp3) is 0.385. The highest BCUT2D eigenvalue weighted by atomic mass is 19.1. The van der Waals surface area contributed by atoms with Crippen molar-refractivity contribution in [3.05, 3.63) is 35.9 Å². The van der Waals surface area contributed by atoms with Gasteiger partial charge in [-0.3, -0.25) is 9.78 Å². The summed E-state index contributed by atoms with van der Waals surface area (Å²) in [4.78, 5) is 17.3. The zero-order valence-electron chi connectivity index (χ0n) is 10.1. The molecule has 0 spiro atoms. The molecule has 1 aromatic heterocycles. The summed E-state index contributed by atoms with van der Waals surface area (Å²) in [6.07, 6.45) is 7.54. The minimum Gasteiger partial charge on any atom is -0.338 e. The maximum atomic E-state index is 12.9. The van der Waals surface area contributed by atoms with E-state index in [4.69, 9.17) is 5.73 Å². The van der Waals surface area contributed by atoms with Gasteiger partial charge in [0.2, 0.25) is 5.91 Å². The van der Waals surface area contributed by atoms with E-state index in [0.717, 1.165) is 25.6 Å². The van der Waals surface area contributed by atoms with Crippen LogP contribution in [0.2, 0.25) is 0 Å². The van der Waals surface area contributed by atoms with Crippen molar-refractivity contribution >= 4 is 12.0 Å². The Hall–Kier alpha value is -1.75. The third-order valence-corrected chi connectivity index (χ3v) is 2.91. The van der Waals surface area contributed by atoms with Gasteiger partial charge in [-0.15, -0.1) is 0 Å². The van der Waals surface area contributed by atoms with Crippen molar-refractivity contribution in [3.63, 3.8) is 0 Å². The zero-order valence-corrected chi connectivity index (χ0v) is 10.1. The maximum Gasteiger partial charge on any atom is 0.246 e. The van der Waals surface area contributed by atoms with Gasteiger partial charge in [-0.25, -0.2) is 4.39 Å². The molecule has 1 aliphatic rings. The number of likely N-dealkylation sites (tertiary alicyclic amines) is 1. The van der Waals surface area contributed by atoms with Crippen molar-refractivity contribution in [1.29, 1.82) is 0 Å². The van der Waals surface area contributed by atoms with Gasteiger partial charge in [0.15, 0.2) is 0 Å². The molecule has 0 aliphatic carbocycles. The number of nitrogens with zero attached hydrogens (tertiary/aromatic N) is 2. The van der Waals surface area contributed by atoms with Crippen LogP contribution in [0.3, 0.4) is 0 Å². The summed E-state index contributed by atoms with van der Waals surface area (Å²) in [6.45, 7) is 1.32. The number of carbonyl (C=O) groups is 1. The number of nitrogens with two attached hydrogens (primary N) is 1. The lowest BCUT2D eigenvalue weighted by molar-refractivity contribution is -0.127. The lowest BCUT2D eigenvalue weighted by Gasteiger charge is -2.29. The molecule has 0 aromatic carbocycles. The average Bonchev–Trinajstić information content (AvgIpc) is 2.36. The first kappa shape index (κ1) is 12.7. The molecule has 0 saturated carbocycles. The molecule has 1 atom stereocenters. The second-order valence-corrected chi connectivity index (χ2v) is 4.46. The van der Waals surface area contributed by atoms with Gasteiger partial charge in [-0.1, -0.05) is 0 Å². The molecule has 4 nitrogen and oxygen atoms in total. The van der Waals surface area contributed by atoms with Gasteiger partial charge < -0.3 is 10.6 Å². The van der Waals surface area contributed by atoms with E-state index < -0.39 is 5.82 Å². The average molecular weight is 249 g/mol. The number of aromatic nitrogens is 1. The van der Waals surface area contributed by atoms with Crippen LogP contribution >= 0.6 is 0 Å². The Labute approximate surface area is 105 Å². The van der Waals surface area contributed by atoms with Gasteiger partial charge >= 0.3 is 0 Å². The Balaban J connectivity index is 1.98. The summed E-state index contributed by atoms with van der Waals surface area (Å²) in [6, 6.07) is 1.39. The van der Waals surface area contributed by atoms with Crippen LogP contribution < -0.4 is 5.73 Å². The number of pyridine rings is 1. The predicted molar refractivity (Wildman–Crippen MR) is 67.0 cm³/mol. The standard InChI is InChI=1S/C13H16FN3O/c14-11-6-10(7-16-8-11)3-4-13(18)17-5-1-2-12(15)9-17/h3-4,6-8,12H,1-2,5,9,15H2/b4-3+. The van der Waals surface area contributed by atoms with Crippen LogP contribution in [0, 0.1) is 5.82 Å². The van der Waals surface area contributed by atoms with Gasteiger partial charge in [-0.05, 0) is 30.5 Å². The lowest BCUT2D eigenvalue weighted by Crippen LogP contribution is -2.45. The zero-order chi connectivity index (χ0) is 13.0. The number of halogens is 1. The first-order valence-corrected chi connectivity index (χ1v) is 5.98. The molecular formula is C13H16FN3O. The molecule has 2 heterocycles. The third kappa shape index (κ3) is 3.37. The van der Waals surface area contributed by atoms with Crippen LogP contribution in [-0.4, -0.2) is 34.9 Å². The van der Waals surface area contributed by atoms with Crippen molar-refractivity contribution in [1.82, 2.24) is 9.88 Å². The van der Waals surface area contributed by atoms with Crippen molar-refractivity contribution in [2.24, 2.45) is 5.73 Å². The molecule has 5 heteroatoms. The smallest absolute Gasteiger partial charge is 0.246 e. The largest absolute Gasteiger partial charge is 0.338 e. The molecule has 18 heavy (non-hydrogen) atoms. The van der Waals surface area contributed by atoms with Gasteiger partial charge in [0.25, 0.3) is 0 Å². The Kier molecular flexibility index (Phi) is 4.04. The molecule has 2 rings (SSSR count). The summed E-state index contributed by atoms with van der Waals surface area (Å²) in [7, 11) is 0. The van der Waals surface area contributed by atoms with E-state index in [1.807, 2.05) is 0 Å². The number of rotatable bonds is 2. The molecule has 0 radical (unpaired) electrons. The van der Waals surface area contributed by atoms with E-state index >= 15 is 0 Å². The van der Waals surface area contributed by atoms with Crippen molar-refractivity contribution in [3.8, 4) is 0 Å². The lowest BCUT2D eigenvalue weighted by atomic mass is 10.1. The Morgan fingerprint density at radius 3 is 3.11 bits per heavy atom. The van der Waals surface area contributed by atoms with Gasteiger partial charge in [0, 0.05) is 31.4 Å². The quantitative estimate of drug-likeness (QED) is 0.801. The van der Waals surface area contributed by atoms with E-state index in [0.29, 0.717) is 12.1 Å². The normalized spacial score (nSPS) is 20.3. The van der Waals surface area contributed by atoms with Crippen molar-refractivity contribution in [2.45, 2.75) is 18.9 Å². The number of piperidine rings is 1. The Bertz CT molecular complexity index is 461. The fourth-order valence-corrected chi connectivity index (χ4v) is 2.00. The number of carbonyl (C=O) groups excluding carboxylic acids is 1. The van der Waals surface area contributed by atoms with E-state index in [9.17, 15) is 9.18 Å². The molecule has 2 N–H and O–H groups in total. The maximum absolute atomic E-state index is 12.9. The van der Waals surface area contributed by atoms with E-state index in [-0.39, 0.29) is 11.9 Å². The van der Waals surface area contributed by atoms with E-state index in [1.165, 1.54) is 18.3 Å². The minimum atomic E-state index is -0.412. The number of hydrogen-bond donors (Lipinski definition) is 1. The van der Waals surface area contributed by atoms with E-state index in [1.54, 1.807) is 11.0 Å². The van der Waals surface area contributed by atoms with Gasteiger partial charge in [-0.2, -0.15) is 0 Å². The van der Waals surface area contributed by atoms with Crippen molar-refractivity contribution in [2.75, 3.05) is 13.1 Å². The highest BCUT2D eigenvalue weighted by molar-refractivity contribution is 5.91. The van der Waals surface area contributed by atoms with Gasteiger partial charge in [0.1, 0.15) is 5.82 Å². The third-order valence-electron chi connectivity index (χ3n) is 2.91. The minimum absolute atomic E-state index is 0.0620. The molecule has 1 saturated heterocycles. The SMILES string of the molecule is NC1CCCN(C(=O)/C=C/c2cncc(F)c2)C1. The first-order chi connectivity index (χ1) is 8.65. The predicted octanol–water partition coefficient (Wildman–Crippen LogP) is 1.18. The molecule has 1 unspecified atom stereocenters. The fourth-order valence-electron chi connectivity index (χ4n) is 2.00. The van der Waals surface area contributed by atoms with Crippen LogP contribution in [0.4, 0.5) is 4.39 Å². The van der Waals surface area contributed by atoms with Crippen LogP contribution in [0.5, 0.6) is 0 Å². The summed E-state index contributed by atoms with van der Waals surface area (Å²) >= 11 is 0. The summed E-state index contributed by atoms with van der Waals surface area (Å²) in [5, 5.41) is 0. The topological polar surface area (TPSA) is 59.2 Å². The monoisotopic (exact) mass is 249 g/mol. The molecule has 96 valence electrons. The molecule has 1 fully saturated rings. The summed E-state index contributed by atoms with van der Waals surface area (Å²) in [5.74, 6) is -0.501. The van der Waals surface area contributed by atoms with Crippen LogP contribution in [0.15, 0.2) is 24.5 Å². The summed E-state index contributed by atoms with van der Waals surface area (Å²) in [5.41, 5.74) is 6.39. The summed E-state index contributed by atoms with van der Waals surface area (Å²) < 4.78 is 12.9. The van der Waals surface area contributed by atoms with Gasteiger partial charge in [0.05, 0.1) is 6.20 Å². The molecular weight excluding hydrogens is 233 g/mol. The molecule has 1 aromatic rings. The second kappa shape index (κ2) is 5.73. The second-order valence-electron chi connectivity index (χ2n) is 4.46. The number of amides is 1. The Morgan fingerprint density at radius 2 is 2.39 bits per heavy atom. The van der Waals surface area contributed by atoms with Crippen LogP contribution in [0.25, 0.3) is 6.08 Å². The van der Waals surface area contributed by atoms with Crippen molar-refractivity contribution < 1.29 is 9.18 Å². The molecule has 1 aliphatic heterocycles. The molecule has 0 bridgehead atoms. The highest BCUT2D eigenvalue weighted by Gasteiger charge is 2.19. The van der Waals surface area contributed by atoms with Crippen LogP contribution in [-0.2, 0) is 4.79 Å². The van der Waals surface area contributed by atoms with E-state index in [2.05, 4.69) is 4.98 Å². The highest BCUT2D eigenvalue weighted by Crippen LogP contribution is 2.10.